The normalized spacial score (nSPS) is 10.6. The first-order valence-corrected chi connectivity index (χ1v) is 10.6. The van der Waals surface area contributed by atoms with Crippen molar-refractivity contribution in [2.75, 3.05) is 6.61 Å². The van der Waals surface area contributed by atoms with Crippen molar-refractivity contribution in [3.8, 4) is 11.5 Å². The molecule has 15 heteroatoms. The van der Waals surface area contributed by atoms with Gasteiger partial charge < -0.3 is 9.47 Å². The minimum absolute atomic E-state index is 0.0712. The van der Waals surface area contributed by atoms with Crippen LogP contribution in [0.4, 0.5) is 17.1 Å². The summed E-state index contributed by atoms with van der Waals surface area (Å²) in [5, 5.41) is 36.7. The van der Waals surface area contributed by atoms with Crippen molar-refractivity contribution in [2.24, 2.45) is 5.10 Å². The second-order valence-corrected chi connectivity index (χ2v) is 7.28. The number of benzene rings is 3. The number of ether oxygens (including phenoxy) is 2. The van der Waals surface area contributed by atoms with Crippen LogP contribution in [-0.2, 0) is 0 Å². The van der Waals surface area contributed by atoms with E-state index < -0.39 is 43.6 Å². The number of carbonyl (C=O) groups excluding carboxylic acids is 2. The van der Waals surface area contributed by atoms with Crippen molar-refractivity contribution in [1.29, 1.82) is 0 Å². The van der Waals surface area contributed by atoms with Gasteiger partial charge in [0, 0.05) is 29.8 Å². The van der Waals surface area contributed by atoms with E-state index >= 15 is 0 Å². The van der Waals surface area contributed by atoms with Crippen LogP contribution in [0.25, 0.3) is 0 Å². The zero-order chi connectivity index (χ0) is 27.8. The highest BCUT2D eigenvalue weighted by Crippen LogP contribution is 2.30. The predicted octanol–water partition coefficient (Wildman–Crippen LogP) is 3.79. The van der Waals surface area contributed by atoms with E-state index in [9.17, 15) is 39.9 Å². The average molecular weight is 523 g/mol. The SMILES string of the molecule is CCOc1cc(/C=N/NC(=O)c2ccc([N+](=O)[O-])cc2)ccc1OC(=O)c1cc([N+](=O)[O-])cc([N+](=O)[O-])c1. The molecular formula is C23H17N5O10. The molecule has 194 valence electrons. The van der Waals surface area contributed by atoms with Gasteiger partial charge in [0.05, 0.1) is 39.2 Å². The number of nitro benzene ring substituents is 3. The summed E-state index contributed by atoms with van der Waals surface area (Å²) in [6.45, 7) is 1.84. The number of amides is 1. The molecule has 0 radical (unpaired) electrons. The second kappa shape index (κ2) is 11.8. The van der Waals surface area contributed by atoms with Crippen LogP contribution in [0.1, 0.15) is 33.2 Å². The van der Waals surface area contributed by atoms with Gasteiger partial charge in [-0.2, -0.15) is 5.10 Å². The topological polar surface area (TPSA) is 206 Å². The molecule has 0 saturated heterocycles. The largest absolute Gasteiger partial charge is 0.490 e. The van der Waals surface area contributed by atoms with Gasteiger partial charge in [0.1, 0.15) is 0 Å². The summed E-state index contributed by atoms with van der Waals surface area (Å²) in [6, 6.07) is 11.6. The molecule has 0 spiro atoms. The lowest BCUT2D eigenvalue weighted by Gasteiger charge is -2.11. The van der Waals surface area contributed by atoms with Gasteiger partial charge in [0.25, 0.3) is 23.0 Å². The number of rotatable bonds is 10. The van der Waals surface area contributed by atoms with Gasteiger partial charge in [-0.05, 0) is 42.8 Å². The number of hydrazone groups is 1. The third kappa shape index (κ3) is 6.69. The molecule has 0 atom stereocenters. The lowest BCUT2D eigenvalue weighted by Crippen LogP contribution is -2.17. The third-order valence-corrected chi connectivity index (χ3v) is 4.75. The number of nitrogens with one attached hydrogen (secondary N) is 1. The highest BCUT2D eigenvalue weighted by Gasteiger charge is 2.22. The molecule has 0 bridgehead atoms. The molecule has 0 heterocycles. The van der Waals surface area contributed by atoms with Crippen LogP contribution in [0, 0.1) is 30.3 Å². The van der Waals surface area contributed by atoms with Crippen LogP contribution in [0.2, 0.25) is 0 Å². The van der Waals surface area contributed by atoms with Gasteiger partial charge in [-0.15, -0.1) is 0 Å². The Hall–Kier alpha value is -5.73. The maximum absolute atomic E-state index is 12.6. The summed E-state index contributed by atoms with van der Waals surface area (Å²) in [7, 11) is 0. The number of nitrogens with zero attached hydrogens (tertiary/aromatic N) is 4. The van der Waals surface area contributed by atoms with E-state index in [1.807, 2.05) is 0 Å². The van der Waals surface area contributed by atoms with E-state index in [0.717, 1.165) is 18.2 Å². The molecule has 0 aromatic heterocycles. The molecular weight excluding hydrogens is 506 g/mol. The van der Waals surface area contributed by atoms with Crippen LogP contribution >= 0.6 is 0 Å². The quantitative estimate of drug-likeness (QED) is 0.134. The van der Waals surface area contributed by atoms with E-state index in [1.54, 1.807) is 6.92 Å². The molecule has 3 rings (SSSR count). The fraction of sp³-hybridized carbons (Fsp3) is 0.0870. The third-order valence-electron chi connectivity index (χ3n) is 4.75. The maximum atomic E-state index is 12.6. The Kier molecular flexibility index (Phi) is 8.35. The fourth-order valence-electron chi connectivity index (χ4n) is 3.00. The van der Waals surface area contributed by atoms with E-state index in [1.165, 1.54) is 48.7 Å². The molecule has 3 aromatic carbocycles. The number of carbonyl (C=O) groups is 2. The zero-order valence-corrected chi connectivity index (χ0v) is 19.4. The zero-order valence-electron chi connectivity index (χ0n) is 19.4. The number of non-ortho nitro benzene ring substituents is 3. The molecule has 0 aliphatic carbocycles. The highest BCUT2D eigenvalue weighted by atomic mass is 16.6. The fourth-order valence-corrected chi connectivity index (χ4v) is 3.00. The number of hydrogen-bond donors (Lipinski definition) is 1. The lowest BCUT2D eigenvalue weighted by molar-refractivity contribution is -0.394. The lowest BCUT2D eigenvalue weighted by atomic mass is 10.1. The van der Waals surface area contributed by atoms with Gasteiger partial charge in [-0.3, -0.25) is 35.1 Å². The van der Waals surface area contributed by atoms with Crippen molar-refractivity contribution in [3.63, 3.8) is 0 Å². The second-order valence-electron chi connectivity index (χ2n) is 7.28. The van der Waals surface area contributed by atoms with Gasteiger partial charge >= 0.3 is 5.97 Å². The monoisotopic (exact) mass is 523 g/mol. The van der Waals surface area contributed by atoms with Crippen LogP contribution in [0.3, 0.4) is 0 Å². The van der Waals surface area contributed by atoms with E-state index in [0.29, 0.717) is 5.56 Å². The van der Waals surface area contributed by atoms with Crippen LogP contribution in [0.5, 0.6) is 11.5 Å². The molecule has 1 N–H and O–H groups in total. The van der Waals surface area contributed by atoms with E-state index in [4.69, 9.17) is 9.47 Å². The molecule has 0 unspecified atom stereocenters. The van der Waals surface area contributed by atoms with E-state index in [-0.39, 0.29) is 29.4 Å². The van der Waals surface area contributed by atoms with Gasteiger partial charge in [0.15, 0.2) is 11.5 Å². The summed E-state index contributed by atoms with van der Waals surface area (Å²) in [5.74, 6) is -1.68. The summed E-state index contributed by atoms with van der Waals surface area (Å²) in [4.78, 5) is 55.3. The highest BCUT2D eigenvalue weighted by molar-refractivity contribution is 5.95. The van der Waals surface area contributed by atoms with Crippen LogP contribution < -0.4 is 14.9 Å². The number of hydrogen-bond acceptors (Lipinski definition) is 11. The molecule has 15 nitrogen and oxygen atoms in total. The van der Waals surface area contributed by atoms with Crippen LogP contribution in [0.15, 0.2) is 65.8 Å². The Balaban J connectivity index is 1.76. The summed E-state index contributed by atoms with van der Waals surface area (Å²) in [6.07, 6.45) is 1.27. The first-order chi connectivity index (χ1) is 18.1. The predicted molar refractivity (Wildman–Crippen MR) is 130 cm³/mol. The van der Waals surface area contributed by atoms with Gasteiger partial charge in [-0.25, -0.2) is 10.2 Å². The molecule has 3 aromatic rings. The number of nitro groups is 3. The van der Waals surface area contributed by atoms with E-state index in [2.05, 4.69) is 10.5 Å². The van der Waals surface area contributed by atoms with Gasteiger partial charge in [-0.1, -0.05) is 0 Å². The van der Waals surface area contributed by atoms with Crippen LogP contribution in [-0.4, -0.2) is 39.5 Å². The Labute approximate surface area is 212 Å². The van der Waals surface area contributed by atoms with Crippen molar-refractivity contribution in [1.82, 2.24) is 5.43 Å². The number of esters is 1. The minimum atomic E-state index is -1.09. The minimum Gasteiger partial charge on any atom is -0.490 e. The van der Waals surface area contributed by atoms with Crippen molar-refractivity contribution < 1.29 is 33.8 Å². The Bertz CT molecular complexity index is 1420. The first kappa shape index (κ1) is 26.9. The Morgan fingerprint density at radius 3 is 1.97 bits per heavy atom. The van der Waals surface area contributed by atoms with Crippen molar-refractivity contribution >= 4 is 35.2 Å². The molecule has 38 heavy (non-hydrogen) atoms. The standard InChI is InChI=1S/C23H17N5O10/c1-2-37-21-9-14(13-24-25-22(29)15-4-6-17(7-5-15)26(31)32)3-8-20(21)38-23(30)16-10-18(27(33)34)12-19(11-16)28(35)36/h3-13H,2H2,1H3,(H,25,29)/b24-13+. The summed E-state index contributed by atoms with van der Waals surface area (Å²) in [5.41, 5.74) is 0.947. The first-order valence-electron chi connectivity index (χ1n) is 10.6. The maximum Gasteiger partial charge on any atom is 0.344 e. The van der Waals surface area contributed by atoms with Crippen molar-refractivity contribution in [2.45, 2.75) is 6.92 Å². The Morgan fingerprint density at radius 1 is 0.816 bits per heavy atom. The average Bonchev–Trinajstić information content (AvgIpc) is 2.89. The molecule has 0 aliphatic rings. The van der Waals surface area contributed by atoms with Gasteiger partial charge in [0.2, 0.25) is 0 Å². The molecule has 0 aliphatic heterocycles. The molecule has 1 amide bonds. The summed E-state index contributed by atoms with van der Waals surface area (Å²) >= 11 is 0. The van der Waals surface area contributed by atoms with Crippen molar-refractivity contribution in [3.05, 3.63) is 108 Å². The Morgan fingerprint density at radius 2 is 1.42 bits per heavy atom. The summed E-state index contributed by atoms with van der Waals surface area (Å²) < 4.78 is 10.7. The molecule has 0 saturated carbocycles. The smallest absolute Gasteiger partial charge is 0.344 e. The molecule has 0 fully saturated rings.